The summed E-state index contributed by atoms with van der Waals surface area (Å²) in [5, 5.41) is 8.48. The van der Waals surface area contributed by atoms with Gasteiger partial charge in [0.05, 0.1) is 0 Å². The minimum absolute atomic E-state index is 0. The summed E-state index contributed by atoms with van der Waals surface area (Å²) >= 11 is 6.81. The van der Waals surface area contributed by atoms with Crippen LogP contribution >= 0.6 is 36.4 Å². The summed E-state index contributed by atoms with van der Waals surface area (Å²) in [7, 11) is 0. The Bertz CT molecular complexity index is 1990. The zero-order valence-electron chi connectivity index (χ0n) is 25.7. The maximum Gasteiger partial charge on any atom is -0.0240 e. The molecule has 0 saturated carbocycles. The van der Waals surface area contributed by atoms with Crippen LogP contribution in [0.4, 0.5) is 0 Å². The van der Waals surface area contributed by atoms with Gasteiger partial charge in [0.15, 0.2) is 0 Å². The Morgan fingerprint density at radius 2 is 1.32 bits per heavy atom. The van der Waals surface area contributed by atoms with Gasteiger partial charge in [-0.2, -0.15) is 48.0 Å². The predicted molar refractivity (Wildman–Crippen MR) is 205 cm³/mol. The Kier molecular flexibility index (Phi) is 16.1. The summed E-state index contributed by atoms with van der Waals surface area (Å²) in [5.74, 6) is 0. The smallest absolute Gasteiger partial charge is 0.0240 e. The van der Waals surface area contributed by atoms with E-state index in [0.717, 1.165) is 17.9 Å². The molecule has 47 heavy (non-hydrogen) atoms. The van der Waals surface area contributed by atoms with Crippen molar-refractivity contribution in [3.63, 3.8) is 0 Å². The van der Waals surface area contributed by atoms with Crippen molar-refractivity contribution in [3.8, 4) is 11.1 Å². The first-order chi connectivity index (χ1) is 22.3. The number of fused-ring (bicyclic) bond motifs is 9. The van der Waals surface area contributed by atoms with Gasteiger partial charge in [-0.05, 0) is 28.5 Å². The fourth-order valence-electron chi connectivity index (χ4n) is 5.50. The summed E-state index contributed by atoms with van der Waals surface area (Å²) in [6.45, 7) is 0. The van der Waals surface area contributed by atoms with Crippen LogP contribution in [0.3, 0.4) is 0 Å². The largest absolute Gasteiger partial charge is 0.147 e. The molecule has 0 heterocycles. The standard InChI is InChI=1S/C21H13.C10H7.C6H4Cl.C5H5.CH2.2ClH.Zr/c1-2-8-15-14(7-1)13-20-18-11-4-3-9-16(18)17-10-5-6-12-19(17)21(15)20;1-2-6-10-8-4-3-7-9(10)5-1;7-6-4-2-1-3-5-6;1-2-4-5-3-1;;;;/h1-10,12H,13H2;1-7H;1-2,4-5H;1-3H,4H2;1H2;2*1H;/q4*-1;;;;. The number of benzene rings is 7. The van der Waals surface area contributed by atoms with E-state index < -0.39 is 0 Å². The van der Waals surface area contributed by atoms with Crippen molar-refractivity contribution in [1.29, 1.82) is 0 Å². The van der Waals surface area contributed by atoms with Gasteiger partial charge in [-0.25, -0.2) is 12.2 Å². The molecule has 7 aromatic rings. The van der Waals surface area contributed by atoms with Crippen molar-refractivity contribution < 1.29 is 24.2 Å². The molecule has 0 amide bonds. The fourth-order valence-corrected chi connectivity index (χ4v) is 5.64. The molecule has 0 saturated heterocycles. The Hall–Kier alpha value is -3.58. The number of allylic oxidation sites excluding steroid dienone is 4. The van der Waals surface area contributed by atoms with Crippen molar-refractivity contribution >= 4 is 72.9 Å². The molecule has 0 bridgehead atoms. The Morgan fingerprint density at radius 3 is 2.00 bits per heavy atom. The monoisotopic (exact) mass is 744 g/mol. The van der Waals surface area contributed by atoms with E-state index in [0.29, 0.717) is 0 Å². The van der Waals surface area contributed by atoms with Crippen molar-refractivity contribution in [2.45, 2.75) is 12.8 Å². The summed E-state index contributed by atoms with van der Waals surface area (Å²) in [6, 6.07) is 54.8. The van der Waals surface area contributed by atoms with E-state index in [1.54, 1.807) is 6.07 Å². The van der Waals surface area contributed by atoms with E-state index in [-0.39, 0.29) is 24.8 Å². The van der Waals surface area contributed by atoms with Crippen molar-refractivity contribution in [3.05, 3.63) is 192 Å². The first-order valence-corrected chi connectivity index (χ1v) is 16.9. The molecule has 0 aromatic heterocycles. The molecule has 234 valence electrons. The van der Waals surface area contributed by atoms with Gasteiger partial charge in [-0.15, -0.1) is 119 Å². The summed E-state index contributed by atoms with van der Waals surface area (Å²) in [5.41, 5.74) is 5.67. The minimum atomic E-state index is 0. The summed E-state index contributed by atoms with van der Waals surface area (Å²) in [6.07, 6.45) is 11.0. The summed E-state index contributed by atoms with van der Waals surface area (Å²) < 4.78 is 3.34. The van der Waals surface area contributed by atoms with Gasteiger partial charge in [-0.1, -0.05) is 71.1 Å². The second kappa shape index (κ2) is 19.9. The normalized spacial score (nSPS) is 11.0. The summed E-state index contributed by atoms with van der Waals surface area (Å²) in [4.78, 5) is 0. The first kappa shape index (κ1) is 37.9. The third kappa shape index (κ3) is 9.73. The van der Waals surface area contributed by atoms with Crippen molar-refractivity contribution in [2.75, 3.05) is 0 Å². The third-order valence-corrected chi connectivity index (χ3v) is 7.66. The molecular formula is C43H33Cl3Zr-4. The van der Waals surface area contributed by atoms with E-state index in [1.807, 2.05) is 60.7 Å². The molecule has 4 heteroatoms. The number of rotatable bonds is 0. The number of hydrogen-bond donors (Lipinski definition) is 0. The minimum Gasteiger partial charge on any atom is -0.147 e. The first-order valence-electron chi connectivity index (χ1n) is 14.8. The Morgan fingerprint density at radius 1 is 0.660 bits per heavy atom. The zero-order chi connectivity index (χ0) is 31.3. The molecule has 0 aliphatic heterocycles. The van der Waals surface area contributed by atoms with Crippen LogP contribution in [0.1, 0.15) is 17.5 Å². The molecular weight excluding hydrogens is 714 g/mol. The van der Waals surface area contributed by atoms with Crippen LogP contribution in [0.25, 0.3) is 43.4 Å². The Balaban J connectivity index is 0.000000193. The van der Waals surface area contributed by atoms with E-state index in [4.69, 9.17) is 11.6 Å². The van der Waals surface area contributed by atoms with Gasteiger partial charge in [0.25, 0.3) is 0 Å². The zero-order valence-corrected chi connectivity index (χ0v) is 30.6. The second-order valence-electron chi connectivity index (χ2n) is 10.2. The van der Waals surface area contributed by atoms with Crippen molar-refractivity contribution in [2.24, 2.45) is 0 Å². The van der Waals surface area contributed by atoms with E-state index in [2.05, 4.69) is 113 Å². The molecule has 0 atom stereocenters. The number of hydrogen-bond acceptors (Lipinski definition) is 0. The topological polar surface area (TPSA) is 0 Å². The van der Waals surface area contributed by atoms with E-state index in [9.17, 15) is 0 Å². The van der Waals surface area contributed by atoms with Gasteiger partial charge in [0.2, 0.25) is 0 Å². The second-order valence-corrected chi connectivity index (χ2v) is 10.6. The SMILES string of the molecule is Cl.Cl.Clc1c[c-]ccc1.[C-]1=CC=CC1.[CH2]=[Zr].[c-]1cccc2c1c1c(c3ccccc32)-c2ccccc2C1.[c-]1cccc2ccccc12. The van der Waals surface area contributed by atoms with E-state index >= 15 is 0 Å². The molecule has 0 radical (unpaired) electrons. The molecule has 2 aliphatic carbocycles. The van der Waals surface area contributed by atoms with Crippen LogP contribution in [0, 0.1) is 24.3 Å². The maximum atomic E-state index is 5.51. The molecule has 0 N–H and O–H groups in total. The molecule has 0 unspecified atom stereocenters. The quantitative estimate of drug-likeness (QED) is 0.107. The molecule has 0 nitrogen and oxygen atoms in total. The van der Waals surface area contributed by atoms with Crippen LogP contribution in [-0.4, -0.2) is 4.21 Å². The van der Waals surface area contributed by atoms with Crippen LogP contribution in [0.5, 0.6) is 0 Å². The molecule has 7 aromatic carbocycles. The van der Waals surface area contributed by atoms with Gasteiger partial charge in [0, 0.05) is 0 Å². The van der Waals surface area contributed by atoms with Crippen LogP contribution in [-0.2, 0) is 30.7 Å². The number of halogens is 3. The maximum absolute atomic E-state index is 5.51. The van der Waals surface area contributed by atoms with E-state index in [1.165, 1.54) is 78.8 Å². The van der Waals surface area contributed by atoms with Gasteiger partial charge in [0.1, 0.15) is 0 Å². The van der Waals surface area contributed by atoms with Crippen molar-refractivity contribution in [1.82, 2.24) is 0 Å². The average Bonchev–Trinajstić information content (AvgIpc) is 3.83. The molecule has 9 rings (SSSR count). The molecule has 0 fully saturated rings. The van der Waals surface area contributed by atoms with Gasteiger partial charge in [-0.3, -0.25) is 6.08 Å². The molecule has 2 aliphatic rings. The fraction of sp³-hybridized carbons (Fsp3) is 0.0465. The van der Waals surface area contributed by atoms with Crippen LogP contribution in [0.15, 0.2) is 152 Å². The average molecular weight is 747 g/mol. The third-order valence-electron chi connectivity index (χ3n) is 7.43. The van der Waals surface area contributed by atoms with Crippen LogP contribution in [0.2, 0.25) is 5.02 Å². The molecule has 0 spiro atoms. The van der Waals surface area contributed by atoms with Crippen LogP contribution < -0.4 is 0 Å². The predicted octanol–water partition coefficient (Wildman–Crippen LogP) is 12.3. The van der Waals surface area contributed by atoms with Gasteiger partial charge >= 0.3 is 28.4 Å². The van der Waals surface area contributed by atoms with Gasteiger partial charge < -0.3 is 0 Å². The Labute approximate surface area is 311 Å².